The van der Waals surface area contributed by atoms with Gasteiger partial charge in [-0.3, -0.25) is 4.79 Å². The van der Waals surface area contributed by atoms with Crippen LogP contribution in [0.2, 0.25) is 0 Å². The molecule has 2 rings (SSSR count). The molecule has 2 atom stereocenters. The van der Waals surface area contributed by atoms with Crippen LogP contribution < -0.4 is 0 Å². The molecule has 3 nitrogen and oxygen atoms in total. The number of carbonyl (C=O) groups is 1. The molecule has 0 spiro atoms. The highest BCUT2D eigenvalue weighted by molar-refractivity contribution is 5.81. The number of ketones is 1. The number of ether oxygens (including phenoxy) is 2. The van der Waals surface area contributed by atoms with E-state index in [0.29, 0.717) is 24.9 Å². The number of Topliss-reactive ketones (excluding diaryl/α,β-unsaturated/α-hetero) is 1. The van der Waals surface area contributed by atoms with Crippen molar-refractivity contribution in [2.45, 2.75) is 51.0 Å². The van der Waals surface area contributed by atoms with Crippen LogP contribution in [0, 0.1) is 5.92 Å². The van der Waals surface area contributed by atoms with Crippen LogP contribution in [0.3, 0.4) is 0 Å². The first kappa shape index (κ1) is 12.1. The predicted octanol–water partition coefficient (Wildman–Crippen LogP) is 2.33. The molecule has 2 heterocycles. The summed E-state index contributed by atoms with van der Waals surface area (Å²) in [7, 11) is 0. The van der Waals surface area contributed by atoms with Crippen LogP contribution in [0.15, 0.2) is 0 Å². The van der Waals surface area contributed by atoms with E-state index in [2.05, 4.69) is 0 Å². The second-order valence-corrected chi connectivity index (χ2v) is 4.91. The zero-order chi connectivity index (χ0) is 11.2. The lowest BCUT2D eigenvalue weighted by atomic mass is 9.93. The third-order valence-electron chi connectivity index (χ3n) is 3.59. The van der Waals surface area contributed by atoms with Crippen LogP contribution in [0.4, 0.5) is 0 Å². The molecule has 2 unspecified atom stereocenters. The summed E-state index contributed by atoms with van der Waals surface area (Å²) in [5.41, 5.74) is 0. The Labute approximate surface area is 97.5 Å². The van der Waals surface area contributed by atoms with Crippen LogP contribution in [0.5, 0.6) is 0 Å². The fourth-order valence-electron chi connectivity index (χ4n) is 2.57. The summed E-state index contributed by atoms with van der Waals surface area (Å²) in [5.74, 6) is 0.580. The van der Waals surface area contributed by atoms with E-state index in [-0.39, 0.29) is 5.92 Å². The summed E-state index contributed by atoms with van der Waals surface area (Å²) in [6.45, 7) is 2.40. The van der Waals surface area contributed by atoms with Crippen molar-refractivity contribution in [1.29, 1.82) is 0 Å². The first-order chi connectivity index (χ1) is 7.86. The van der Waals surface area contributed by atoms with Gasteiger partial charge in [0, 0.05) is 25.6 Å². The largest absolute Gasteiger partial charge is 0.381 e. The Morgan fingerprint density at radius 3 is 2.75 bits per heavy atom. The summed E-state index contributed by atoms with van der Waals surface area (Å²) in [6.07, 6.45) is 7.62. The molecule has 0 radical (unpaired) electrons. The fourth-order valence-corrected chi connectivity index (χ4v) is 2.57. The van der Waals surface area contributed by atoms with Crippen LogP contribution in [0.1, 0.15) is 44.9 Å². The first-order valence-corrected chi connectivity index (χ1v) is 6.58. The van der Waals surface area contributed by atoms with Gasteiger partial charge in [0.2, 0.25) is 0 Å². The molecular weight excluding hydrogens is 204 g/mol. The van der Waals surface area contributed by atoms with Gasteiger partial charge < -0.3 is 9.47 Å². The van der Waals surface area contributed by atoms with E-state index in [4.69, 9.17) is 9.47 Å². The molecule has 0 aromatic heterocycles. The second kappa shape index (κ2) is 6.36. The summed E-state index contributed by atoms with van der Waals surface area (Å²) < 4.78 is 10.9. The molecule has 3 heteroatoms. The van der Waals surface area contributed by atoms with Gasteiger partial charge in [0.05, 0.1) is 12.7 Å². The SMILES string of the molecule is O=C(CCCC1CCCO1)C1CCCOC1. The average Bonchev–Trinajstić information content (AvgIpc) is 2.83. The molecule has 0 amide bonds. The number of hydrogen-bond donors (Lipinski definition) is 0. The highest BCUT2D eigenvalue weighted by Crippen LogP contribution is 2.20. The molecule has 0 bridgehead atoms. The Morgan fingerprint density at radius 2 is 2.06 bits per heavy atom. The van der Waals surface area contributed by atoms with E-state index in [1.807, 2.05) is 0 Å². The molecule has 0 N–H and O–H groups in total. The van der Waals surface area contributed by atoms with Gasteiger partial charge in [0.25, 0.3) is 0 Å². The lowest BCUT2D eigenvalue weighted by molar-refractivity contribution is -0.127. The maximum Gasteiger partial charge on any atom is 0.138 e. The van der Waals surface area contributed by atoms with Gasteiger partial charge in [-0.1, -0.05) is 0 Å². The predicted molar refractivity (Wildman–Crippen MR) is 61.4 cm³/mol. The van der Waals surface area contributed by atoms with Crippen molar-refractivity contribution in [3.63, 3.8) is 0 Å². The molecule has 0 aromatic carbocycles. The van der Waals surface area contributed by atoms with Crippen LogP contribution in [-0.4, -0.2) is 31.7 Å². The minimum absolute atomic E-state index is 0.179. The Morgan fingerprint density at radius 1 is 1.19 bits per heavy atom. The summed E-state index contributed by atoms with van der Waals surface area (Å²) >= 11 is 0. The second-order valence-electron chi connectivity index (χ2n) is 4.91. The van der Waals surface area contributed by atoms with Gasteiger partial charge in [-0.2, -0.15) is 0 Å². The van der Waals surface area contributed by atoms with Gasteiger partial charge in [-0.15, -0.1) is 0 Å². The van der Waals surface area contributed by atoms with Crippen LogP contribution in [0.25, 0.3) is 0 Å². The smallest absolute Gasteiger partial charge is 0.138 e. The van der Waals surface area contributed by atoms with E-state index in [1.54, 1.807) is 0 Å². The maximum atomic E-state index is 11.9. The van der Waals surface area contributed by atoms with Gasteiger partial charge in [0.15, 0.2) is 0 Å². The lowest BCUT2D eigenvalue weighted by Gasteiger charge is -2.20. The molecule has 2 fully saturated rings. The monoisotopic (exact) mass is 226 g/mol. The Balaban J connectivity index is 1.59. The summed E-state index contributed by atoms with van der Waals surface area (Å²) in [5, 5.41) is 0. The number of hydrogen-bond acceptors (Lipinski definition) is 3. The zero-order valence-electron chi connectivity index (χ0n) is 9.95. The van der Waals surface area contributed by atoms with Gasteiger partial charge in [-0.05, 0) is 38.5 Å². The first-order valence-electron chi connectivity index (χ1n) is 6.58. The molecule has 0 saturated carbocycles. The molecule has 2 aliphatic rings. The van der Waals surface area contributed by atoms with E-state index < -0.39 is 0 Å². The van der Waals surface area contributed by atoms with Crippen molar-refractivity contribution in [2.75, 3.05) is 19.8 Å². The Hall–Kier alpha value is -0.410. The third-order valence-corrected chi connectivity index (χ3v) is 3.59. The fraction of sp³-hybridized carbons (Fsp3) is 0.923. The standard InChI is InChI=1S/C13H22O3/c14-13(11-4-2-8-15-10-11)7-1-5-12-6-3-9-16-12/h11-12H,1-10H2. The van der Waals surface area contributed by atoms with Gasteiger partial charge in [-0.25, -0.2) is 0 Å². The van der Waals surface area contributed by atoms with E-state index in [9.17, 15) is 4.79 Å². The normalized spacial score (nSPS) is 30.5. The Bertz CT molecular complexity index is 215. The van der Waals surface area contributed by atoms with Crippen molar-refractivity contribution in [1.82, 2.24) is 0 Å². The average molecular weight is 226 g/mol. The van der Waals surface area contributed by atoms with Crippen LogP contribution >= 0.6 is 0 Å². The summed E-state index contributed by atoms with van der Waals surface area (Å²) in [4.78, 5) is 11.9. The number of rotatable bonds is 5. The van der Waals surface area contributed by atoms with Crippen molar-refractivity contribution < 1.29 is 14.3 Å². The van der Waals surface area contributed by atoms with Crippen molar-refractivity contribution >= 4 is 5.78 Å². The number of carbonyl (C=O) groups excluding carboxylic acids is 1. The quantitative estimate of drug-likeness (QED) is 0.721. The molecular formula is C13H22O3. The highest BCUT2D eigenvalue weighted by atomic mass is 16.5. The maximum absolute atomic E-state index is 11.9. The third kappa shape index (κ3) is 3.56. The summed E-state index contributed by atoms with van der Waals surface area (Å²) in [6, 6.07) is 0. The zero-order valence-corrected chi connectivity index (χ0v) is 9.95. The van der Waals surface area contributed by atoms with Gasteiger partial charge in [0.1, 0.15) is 5.78 Å². The molecule has 2 aliphatic heterocycles. The minimum atomic E-state index is 0.179. The molecule has 16 heavy (non-hydrogen) atoms. The van der Waals surface area contributed by atoms with E-state index in [0.717, 1.165) is 38.9 Å². The van der Waals surface area contributed by atoms with Gasteiger partial charge >= 0.3 is 0 Å². The van der Waals surface area contributed by atoms with Crippen LogP contribution in [-0.2, 0) is 14.3 Å². The minimum Gasteiger partial charge on any atom is -0.381 e. The molecule has 0 aliphatic carbocycles. The Kier molecular flexibility index (Phi) is 4.79. The highest BCUT2D eigenvalue weighted by Gasteiger charge is 2.22. The van der Waals surface area contributed by atoms with E-state index in [1.165, 1.54) is 12.8 Å². The van der Waals surface area contributed by atoms with Crippen molar-refractivity contribution in [3.8, 4) is 0 Å². The van der Waals surface area contributed by atoms with E-state index >= 15 is 0 Å². The van der Waals surface area contributed by atoms with Crippen molar-refractivity contribution in [3.05, 3.63) is 0 Å². The topological polar surface area (TPSA) is 35.5 Å². The molecule has 92 valence electrons. The van der Waals surface area contributed by atoms with Crippen molar-refractivity contribution in [2.24, 2.45) is 5.92 Å². The molecule has 2 saturated heterocycles. The lowest BCUT2D eigenvalue weighted by Crippen LogP contribution is -2.25. The molecule has 0 aromatic rings.